The van der Waals surface area contributed by atoms with Crippen molar-refractivity contribution in [3.05, 3.63) is 156 Å². The Bertz CT molecular complexity index is 2360. The molecule has 3 aromatic heterocycles. The molecule has 0 atom stereocenters. The number of nitrogens with zero attached hydrogens (tertiary/aromatic N) is 2. The Morgan fingerprint density at radius 3 is 2.29 bits per heavy atom. The minimum atomic E-state index is 0. The van der Waals surface area contributed by atoms with Gasteiger partial charge in [-0.2, -0.15) is 0 Å². The predicted octanol–water partition coefficient (Wildman–Crippen LogP) is 12.0. The molecule has 0 saturated heterocycles. The van der Waals surface area contributed by atoms with E-state index in [9.17, 15) is 0 Å². The van der Waals surface area contributed by atoms with E-state index in [4.69, 9.17) is 4.42 Å². The SMILES string of the molecule is Cc1c[c-]c(-c2ccc(CC(C)(C)C)cn2)cc1.Cc1cccnc1-c1[c-]ccc(-c2cccc3c2ccc2oc4ccccc4c23)c1.[Ir]. The van der Waals surface area contributed by atoms with Crippen molar-refractivity contribution < 1.29 is 24.5 Å². The van der Waals surface area contributed by atoms with Crippen molar-refractivity contribution in [1.82, 2.24) is 9.97 Å². The van der Waals surface area contributed by atoms with E-state index in [1.165, 1.54) is 32.8 Å². The largest absolute Gasteiger partial charge is 0.456 e. The van der Waals surface area contributed by atoms with Gasteiger partial charge < -0.3 is 14.4 Å². The molecule has 0 unspecified atom stereocenters. The summed E-state index contributed by atoms with van der Waals surface area (Å²) in [6.45, 7) is 10.9. The minimum Gasteiger partial charge on any atom is -0.456 e. The smallest absolute Gasteiger partial charge is 0.136 e. The quantitative estimate of drug-likeness (QED) is 0.166. The predicted molar refractivity (Wildman–Crippen MR) is 200 cm³/mol. The van der Waals surface area contributed by atoms with Crippen LogP contribution in [0.4, 0.5) is 0 Å². The summed E-state index contributed by atoms with van der Waals surface area (Å²) in [6.07, 6.45) is 4.87. The molecule has 0 spiro atoms. The normalized spacial score (nSPS) is 11.3. The van der Waals surface area contributed by atoms with Crippen LogP contribution in [0.25, 0.3) is 66.4 Å². The van der Waals surface area contributed by atoms with Crippen LogP contribution in [0.15, 0.2) is 132 Å². The van der Waals surface area contributed by atoms with Crippen LogP contribution >= 0.6 is 0 Å². The number of furan rings is 1. The summed E-state index contributed by atoms with van der Waals surface area (Å²) < 4.78 is 6.08. The van der Waals surface area contributed by atoms with Gasteiger partial charge in [0.25, 0.3) is 0 Å². The summed E-state index contributed by atoms with van der Waals surface area (Å²) in [5.74, 6) is 0. The van der Waals surface area contributed by atoms with Gasteiger partial charge in [-0.05, 0) is 70.2 Å². The number of hydrogen-bond donors (Lipinski definition) is 0. The van der Waals surface area contributed by atoms with E-state index in [0.717, 1.165) is 56.6 Å². The van der Waals surface area contributed by atoms with Gasteiger partial charge in [0.05, 0.1) is 0 Å². The summed E-state index contributed by atoms with van der Waals surface area (Å²) in [4.78, 5) is 9.10. The molecule has 3 nitrogen and oxygen atoms in total. The molecule has 0 amide bonds. The average Bonchev–Trinajstić information content (AvgIpc) is 3.48. The molecule has 3 heterocycles. The molecule has 245 valence electrons. The summed E-state index contributed by atoms with van der Waals surface area (Å²) in [7, 11) is 0. The Morgan fingerprint density at radius 2 is 1.53 bits per heavy atom. The van der Waals surface area contributed by atoms with Crippen LogP contribution in [0.3, 0.4) is 0 Å². The Balaban J connectivity index is 0.000000189. The van der Waals surface area contributed by atoms with Crippen molar-refractivity contribution >= 4 is 32.7 Å². The van der Waals surface area contributed by atoms with E-state index in [0.29, 0.717) is 5.41 Å². The maximum atomic E-state index is 6.08. The first kappa shape index (κ1) is 34.0. The molecular formula is C45H38IrN2O-2. The third kappa shape index (κ3) is 7.42. The fourth-order valence-corrected chi connectivity index (χ4v) is 6.33. The number of fused-ring (bicyclic) bond motifs is 5. The Labute approximate surface area is 302 Å². The van der Waals surface area contributed by atoms with Gasteiger partial charge in [0.15, 0.2) is 0 Å². The minimum absolute atomic E-state index is 0. The van der Waals surface area contributed by atoms with E-state index in [2.05, 4.69) is 142 Å². The van der Waals surface area contributed by atoms with Gasteiger partial charge >= 0.3 is 0 Å². The third-order valence-corrected chi connectivity index (χ3v) is 8.58. The zero-order valence-corrected chi connectivity index (χ0v) is 30.9. The van der Waals surface area contributed by atoms with Crippen molar-refractivity contribution in [2.45, 2.75) is 41.0 Å². The first-order valence-electron chi connectivity index (χ1n) is 16.4. The number of benzene rings is 5. The molecule has 1 radical (unpaired) electrons. The summed E-state index contributed by atoms with van der Waals surface area (Å²) in [6, 6.07) is 46.3. The molecule has 0 aliphatic heterocycles. The Morgan fingerprint density at radius 1 is 0.694 bits per heavy atom. The van der Waals surface area contributed by atoms with Crippen molar-refractivity contribution in [3.63, 3.8) is 0 Å². The molecule has 0 saturated carbocycles. The second-order valence-corrected chi connectivity index (χ2v) is 13.7. The van der Waals surface area contributed by atoms with Gasteiger partial charge in [-0.25, -0.2) is 0 Å². The van der Waals surface area contributed by atoms with Crippen LogP contribution in [0, 0.1) is 31.4 Å². The number of aryl methyl sites for hydroxylation is 2. The van der Waals surface area contributed by atoms with Crippen LogP contribution in [-0.2, 0) is 26.5 Å². The maximum absolute atomic E-state index is 6.08. The van der Waals surface area contributed by atoms with Gasteiger partial charge in [-0.15, -0.1) is 70.8 Å². The Hall–Kier alpha value is -4.89. The molecule has 0 bridgehead atoms. The van der Waals surface area contributed by atoms with Crippen LogP contribution in [0.1, 0.15) is 37.5 Å². The van der Waals surface area contributed by atoms with Gasteiger partial charge in [0.2, 0.25) is 0 Å². The first-order valence-corrected chi connectivity index (χ1v) is 16.4. The molecule has 4 heteroatoms. The molecular weight excluding hydrogens is 777 g/mol. The van der Waals surface area contributed by atoms with Crippen molar-refractivity contribution in [1.29, 1.82) is 0 Å². The Kier molecular flexibility index (Phi) is 9.92. The van der Waals surface area contributed by atoms with Crippen molar-refractivity contribution in [3.8, 4) is 33.6 Å². The third-order valence-electron chi connectivity index (χ3n) is 8.58. The van der Waals surface area contributed by atoms with Crippen LogP contribution < -0.4 is 0 Å². The summed E-state index contributed by atoms with van der Waals surface area (Å²) >= 11 is 0. The fourth-order valence-electron chi connectivity index (χ4n) is 6.33. The molecule has 8 aromatic rings. The summed E-state index contributed by atoms with van der Waals surface area (Å²) in [5, 5.41) is 4.75. The van der Waals surface area contributed by atoms with Crippen LogP contribution in [0.5, 0.6) is 0 Å². The molecule has 5 aromatic carbocycles. The van der Waals surface area contributed by atoms with Gasteiger partial charge in [-0.3, -0.25) is 0 Å². The molecule has 0 aliphatic rings. The molecule has 0 fully saturated rings. The van der Waals surface area contributed by atoms with Crippen LogP contribution in [0.2, 0.25) is 0 Å². The fraction of sp³-hybridized carbons (Fsp3) is 0.156. The molecule has 49 heavy (non-hydrogen) atoms. The zero-order chi connectivity index (χ0) is 33.3. The zero-order valence-electron chi connectivity index (χ0n) is 28.5. The van der Waals surface area contributed by atoms with Crippen molar-refractivity contribution in [2.24, 2.45) is 5.41 Å². The second kappa shape index (κ2) is 14.3. The van der Waals surface area contributed by atoms with E-state index in [-0.39, 0.29) is 20.1 Å². The number of aromatic nitrogens is 2. The summed E-state index contributed by atoms with van der Waals surface area (Å²) in [5.41, 5.74) is 12.2. The van der Waals surface area contributed by atoms with Crippen LogP contribution in [-0.4, -0.2) is 9.97 Å². The average molecular weight is 815 g/mol. The van der Waals surface area contributed by atoms with E-state index in [1.807, 2.05) is 42.7 Å². The number of pyridine rings is 2. The van der Waals surface area contributed by atoms with Gasteiger partial charge in [0, 0.05) is 43.3 Å². The van der Waals surface area contributed by atoms with Crippen molar-refractivity contribution in [2.75, 3.05) is 0 Å². The molecule has 8 rings (SSSR count). The second-order valence-electron chi connectivity index (χ2n) is 13.7. The number of para-hydroxylation sites is 1. The monoisotopic (exact) mass is 815 g/mol. The number of hydrogen-bond acceptors (Lipinski definition) is 3. The molecule has 0 aliphatic carbocycles. The standard InChI is InChI=1S/C28H18NO.C17H20N.Ir/c1-18-7-6-16-29-28(18)20-9-4-8-19(17-20)21-11-5-12-23-22(21)14-15-26-27(23)24-10-2-3-13-25(24)30-26;1-13-5-8-15(9-6-13)16-10-7-14(12-18-16)11-17(2,3)4;/h2-8,10-17H,1H3;5-8,10,12H,11H2,1-4H3;/q2*-1;. The topological polar surface area (TPSA) is 38.9 Å². The maximum Gasteiger partial charge on any atom is 0.136 e. The van der Waals surface area contributed by atoms with Gasteiger partial charge in [-0.1, -0.05) is 93.9 Å². The number of rotatable bonds is 4. The van der Waals surface area contributed by atoms with E-state index in [1.54, 1.807) is 0 Å². The first-order chi connectivity index (χ1) is 23.2. The van der Waals surface area contributed by atoms with E-state index >= 15 is 0 Å². The van der Waals surface area contributed by atoms with Gasteiger partial charge in [0.1, 0.15) is 11.2 Å². The molecule has 0 N–H and O–H groups in total. The van der Waals surface area contributed by atoms with E-state index < -0.39 is 0 Å².